The first-order valence-electron chi connectivity index (χ1n) is 8.33. The zero-order valence-corrected chi connectivity index (χ0v) is 14.6. The van der Waals surface area contributed by atoms with Gasteiger partial charge in [0.2, 0.25) is 0 Å². The van der Waals surface area contributed by atoms with Gasteiger partial charge in [0.05, 0.1) is 17.0 Å². The summed E-state index contributed by atoms with van der Waals surface area (Å²) in [6, 6.07) is 16.4. The van der Waals surface area contributed by atoms with Gasteiger partial charge in [-0.3, -0.25) is 4.90 Å². The molecule has 0 aliphatic rings. The van der Waals surface area contributed by atoms with Crippen LogP contribution in [-0.4, -0.2) is 31.5 Å². The topological polar surface area (TPSA) is 40.8 Å². The molecule has 0 saturated carbocycles. The fourth-order valence-corrected chi connectivity index (χ4v) is 3.12. The van der Waals surface area contributed by atoms with Crippen molar-refractivity contribution in [1.82, 2.24) is 14.3 Å². The Hall–Kier alpha value is -2.17. The average Bonchev–Trinajstić information content (AvgIpc) is 2.83. The van der Waals surface area contributed by atoms with E-state index < -0.39 is 5.60 Å². The molecule has 1 N–H and O–H groups in total. The first kappa shape index (κ1) is 16.7. The fraction of sp³-hybridized carbons (Fsp3) is 0.350. The largest absolute Gasteiger partial charge is 0.389 e. The van der Waals surface area contributed by atoms with E-state index in [0.29, 0.717) is 6.54 Å². The quantitative estimate of drug-likeness (QED) is 0.756. The standard InChI is InChI=1S/C20H25N3O/c1-16-18(23-12-8-7-11-19(23)21-16)14-22(15-20(2,3)24)13-17-9-5-4-6-10-17/h4-12,24H,13-15H2,1-3H3. The van der Waals surface area contributed by atoms with Crippen LogP contribution in [0.5, 0.6) is 0 Å². The Morgan fingerprint density at radius 1 is 1.04 bits per heavy atom. The number of aliphatic hydroxyl groups is 1. The molecule has 3 rings (SSSR count). The average molecular weight is 323 g/mol. The van der Waals surface area contributed by atoms with Crippen LogP contribution in [0.1, 0.15) is 30.8 Å². The maximum atomic E-state index is 10.3. The minimum atomic E-state index is -0.747. The summed E-state index contributed by atoms with van der Waals surface area (Å²) in [5.74, 6) is 0. The second-order valence-corrected chi connectivity index (χ2v) is 7.02. The van der Waals surface area contributed by atoms with E-state index in [2.05, 4.69) is 44.7 Å². The van der Waals surface area contributed by atoms with Gasteiger partial charge in [-0.25, -0.2) is 4.98 Å². The van der Waals surface area contributed by atoms with Crippen molar-refractivity contribution in [2.24, 2.45) is 0 Å². The van der Waals surface area contributed by atoms with E-state index in [0.717, 1.165) is 24.4 Å². The zero-order chi connectivity index (χ0) is 17.2. The van der Waals surface area contributed by atoms with Crippen LogP contribution in [0.3, 0.4) is 0 Å². The lowest BCUT2D eigenvalue weighted by Gasteiger charge is -2.29. The van der Waals surface area contributed by atoms with Crippen LogP contribution >= 0.6 is 0 Å². The van der Waals surface area contributed by atoms with Crippen LogP contribution in [-0.2, 0) is 13.1 Å². The number of rotatable bonds is 6. The van der Waals surface area contributed by atoms with Gasteiger partial charge < -0.3 is 9.51 Å². The molecule has 0 fully saturated rings. The maximum absolute atomic E-state index is 10.3. The molecule has 126 valence electrons. The number of hydrogen-bond donors (Lipinski definition) is 1. The minimum Gasteiger partial charge on any atom is -0.389 e. The monoisotopic (exact) mass is 323 g/mol. The Labute approximate surface area is 143 Å². The number of aryl methyl sites for hydroxylation is 1. The number of benzene rings is 1. The second-order valence-electron chi connectivity index (χ2n) is 7.02. The molecule has 0 atom stereocenters. The third kappa shape index (κ3) is 4.02. The highest BCUT2D eigenvalue weighted by molar-refractivity contribution is 5.42. The molecular weight excluding hydrogens is 298 g/mol. The molecule has 0 aliphatic carbocycles. The molecule has 0 bridgehead atoms. The summed E-state index contributed by atoms with van der Waals surface area (Å²) in [6.07, 6.45) is 2.05. The number of hydrogen-bond acceptors (Lipinski definition) is 3. The summed E-state index contributed by atoms with van der Waals surface area (Å²) in [7, 11) is 0. The summed E-state index contributed by atoms with van der Waals surface area (Å²) < 4.78 is 2.14. The van der Waals surface area contributed by atoms with Gasteiger partial charge in [-0.15, -0.1) is 0 Å². The lowest BCUT2D eigenvalue weighted by atomic mass is 10.1. The molecule has 2 heterocycles. The SMILES string of the molecule is Cc1nc2ccccn2c1CN(Cc1ccccc1)CC(C)(C)O. The van der Waals surface area contributed by atoms with Crippen molar-refractivity contribution in [2.45, 2.75) is 39.5 Å². The maximum Gasteiger partial charge on any atom is 0.137 e. The van der Waals surface area contributed by atoms with E-state index in [1.54, 1.807) is 0 Å². The predicted octanol–water partition coefficient (Wildman–Crippen LogP) is 3.42. The Kier molecular flexibility index (Phi) is 4.69. The van der Waals surface area contributed by atoms with Gasteiger partial charge in [0.1, 0.15) is 5.65 Å². The molecule has 0 amide bonds. The molecule has 4 heteroatoms. The minimum absolute atomic E-state index is 0.599. The first-order valence-corrected chi connectivity index (χ1v) is 8.33. The van der Waals surface area contributed by atoms with Gasteiger partial charge in [-0.1, -0.05) is 36.4 Å². The Morgan fingerprint density at radius 2 is 1.75 bits per heavy atom. The van der Waals surface area contributed by atoms with E-state index in [9.17, 15) is 5.11 Å². The van der Waals surface area contributed by atoms with Gasteiger partial charge in [0.15, 0.2) is 0 Å². The van der Waals surface area contributed by atoms with Gasteiger partial charge in [0, 0.05) is 25.8 Å². The Bertz CT molecular complexity index is 803. The summed E-state index contributed by atoms with van der Waals surface area (Å²) >= 11 is 0. The first-order chi connectivity index (χ1) is 11.4. The highest BCUT2D eigenvalue weighted by Gasteiger charge is 2.21. The third-order valence-corrected chi connectivity index (χ3v) is 4.06. The van der Waals surface area contributed by atoms with E-state index in [-0.39, 0.29) is 0 Å². The summed E-state index contributed by atoms with van der Waals surface area (Å²) in [5, 5.41) is 10.3. The third-order valence-electron chi connectivity index (χ3n) is 4.06. The van der Waals surface area contributed by atoms with E-state index >= 15 is 0 Å². The number of nitrogens with zero attached hydrogens (tertiary/aromatic N) is 3. The van der Waals surface area contributed by atoms with Crippen LogP contribution in [0.2, 0.25) is 0 Å². The van der Waals surface area contributed by atoms with Crippen LogP contribution in [0.25, 0.3) is 5.65 Å². The van der Waals surface area contributed by atoms with Crippen LogP contribution in [0.4, 0.5) is 0 Å². The van der Waals surface area contributed by atoms with E-state index in [1.807, 2.05) is 45.0 Å². The Balaban J connectivity index is 1.89. The lowest BCUT2D eigenvalue weighted by Crippen LogP contribution is -2.38. The molecule has 1 aromatic carbocycles. The lowest BCUT2D eigenvalue weighted by molar-refractivity contribution is 0.0301. The van der Waals surface area contributed by atoms with Gasteiger partial charge in [-0.2, -0.15) is 0 Å². The van der Waals surface area contributed by atoms with Crippen LogP contribution < -0.4 is 0 Å². The van der Waals surface area contributed by atoms with Crippen molar-refractivity contribution in [1.29, 1.82) is 0 Å². The van der Waals surface area contributed by atoms with Crippen molar-refractivity contribution in [3.05, 3.63) is 71.7 Å². The molecule has 2 aromatic heterocycles. The van der Waals surface area contributed by atoms with Crippen LogP contribution in [0.15, 0.2) is 54.7 Å². The van der Waals surface area contributed by atoms with Crippen molar-refractivity contribution in [3.8, 4) is 0 Å². The molecule has 0 aliphatic heterocycles. The number of fused-ring (bicyclic) bond motifs is 1. The number of aromatic nitrogens is 2. The second kappa shape index (κ2) is 6.75. The van der Waals surface area contributed by atoms with Crippen LogP contribution in [0, 0.1) is 6.92 Å². The highest BCUT2D eigenvalue weighted by atomic mass is 16.3. The van der Waals surface area contributed by atoms with Crippen molar-refractivity contribution in [3.63, 3.8) is 0 Å². The summed E-state index contributed by atoms with van der Waals surface area (Å²) in [4.78, 5) is 6.92. The fourth-order valence-electron chi connectivity index (χ4n) is 3.12. The summed E-state index contributed by atoms with van der Waals surface area (Å²) in [6.45, 7) is 7.90. The molecule has 3 aromatic rings. The van der Waals surface area contributed by atoms with E-state index in [4.69, 9.17) is 0 Å². The van der Waals surface area contributed by atoms with E-state index in [1.165, 1.54) is 11.3 Å². The summed E-state index contributed by atoms with van der Waals surface area (Å²) in [5.41, 5.74) is 3.67. The zero-order valence-electron chi connectivity index (χ0n) is 14.6. The smallest absolute Gasteiger partial charge is 0.137 e. The van der Waals surface area contributed by atoms with Gasteiger partial charge in [-0.05, 0) is 38.5 Å². The molecule has 4 nitrogen and oxygen atoms in total. The van der Waals surface area contributed by atoms with Crippen molar-refractivity contribution < 1.29 is 5.11 Å². The highest BCUT2D eigenvalue weighted by Crippen LogP contribution is 2.18. The van der Waals surface area contributed by atoms with Gasteiger partial charge >= 0.3 is 0 Å². The predicted molar refractivity (Wildman–Crippen MR) is 96.8 cm³/mol. The molecule has 0 spiro atoms. The van der Waals surface area contributed by atoms with Crippen molar-refractivity contribution >= 4 is 5.65 Å². The van der Waals surface area contributed by atoms with Crippen molar-refractivity contribution in [2.75, 3.05) is 6.54 Å². The Morgan fingerprint density at radius 3 is 2.46 bits per heavy atom. The molecule has 0 radical (unpaired) electrons. The van der Waals surface area contributed by atoms with Gasteiger partial charge in [0.25, 0.3) is 0 Å². The molecule has 24 heavy (non-hydrogen) atoms. The molecular formula is C20H25N3O. The number of imidazole rings is 1. The molecule has 0 unspecified atom stereocenters. The number of pyridine rings is 1. The molecule has 0 saturated heterocycles. The normalized spacial score (nSPS) is 12.2.